The van der Waals surface area contributed by atoms with Gasteiger partial charge in [-0.25, -0.2) is 4.98 Å². The quantitative estimate of drug-likeness (QED) is 0.536. The zero-order valence-electron chi connectivity index (χ0n) is 17.4. The SMILES string of the molecule is C/C(=N\[S@+]([O-])C(C)(C)C)c1cc(Cl)cc2c(C#N)c(C)c(N3CCOCC3)nc12. The summed E-state index contributed by atoms with van der Waals surface area (Å²) in [6, 6.07) is 5.85. The van der Waals surface area contributed by atoms with Crippen LogP contribution in [0.1, 0.15) is 44.4 Å². The van der Waals surface area contributed by atoms with Crippen LogP contribution in [0.15, 0.2) is 16.5 Å². The Labute approximate surface area is 179 Å². The van der Waals surface area contributed by atoms with Crippen molar-refractivity contribution in [1.82, 2.24) is 4.98 Å². The van der Waals surface area contributed by atoms with Crippen molar-refractivity contribution in [3.05, 3.63) is 33.8 Å². The molecule has 1 saturated heterocycles. The molecule has 1 aromatic carbocycles. The number of aromatic nitrogens is 1. The number of benzene rings is 1. The van der Waals surface area contributed by atoms with Crippen molar-refractivity contribution in [2.75, 3.05) is 31.2 Å². The summed E-state index contributed by atoms with van der Waals surface area (Å²) in [4.78, 5) is 7.06. The molecule has 0 radical (unpaired) electrons. The molecule has 0 bridgehead atoms. The van der Waals surface area contributed by atoms with Gasteiger partial charge >= 0.3 is 0 Å². The smallest absolute Gasteiger partial charge is 0.144 e. The molecule has 1 aromatic heterocycles. The van der Waals surface area contributed by atoms with Crippen molar-refractivity contribution in [2.45, 2.75) is 39.4 Å². The van der Waals surface area contributed by atoms with Crippen LogP contribution >= 0.6 is 11.6 Å². The minimum Gasteiger partial charge on any atom is -0.591 e. The lowest BCUT2D eigenvalue weighted by Gasteiger charge is -2.30. The maximum absolute atomic E-state index is 12.6. The molecule has 0 aliphatic carbocycles. The second-order valence-corrected chi connectivity index (χ2v) is 10.4. The van der Waals surface area contributed by atoms with E-state index in [1.165, 1.54) is 0 Å². The molecule has 1 aliphatic heterocycles. The number of morpholine rings is 1. The third kappa shape index (κ3) is 4.51. The van der Waals surface area contributed by atoms with E-state index in [0.717, 1.165) is 11.4 Å². The summed E-state index contributed by atoms with van der Waals surface area (Å²) in [5.41, 5.74) is 3.29. The van der Waals surface area contributed by atoms with E-state index in [1.807, 2.05) is 27.7 Å². The fourth-order valence-electron chi connectivity index (χ4n) is 3.23. The lowest BCUT2D eigenvalue weighted by Crippen LogP contribution is -2.37. The second kappa shape index (κ2) is 8.49. The molecule has 1 aliphatic rings. The zero-order valence-corrected chi connectivity index (χ0v) is 18.9. The van der Waals surface area contributed by atoms with Crippen LogP contribution in [0.25, 0.3) is 10.9 Å². The van der Waals surface area contributed by atoms with Crippen molar-refractivity contribution in [3.8, 4) is 6.07 Å². The lowest BCUT2D eigenvalue weighted by molar-refractivity contribution is 0.122. The Kier molecular flexibility index (Phi) is 6.39. The Morgan fingerprint density at radius 3 is 2.59 bits per heavy atom. The first-order valence-electron chi connectivity index (χ1n) is 9.47. The van der Waals surface area contributed by atoms with Crippen LogP contribution in [0.2, 0.25) is 5.02 Å². The third-order valence-electron chi connectivity index (χ3n) is 4.83. The fourth-order valence-corrected chi connectivity index (χ4v) is 4.07. The Hall–Kier alpha value is -1.85. The van der Waals surface area contributed by atoms with Crippen LogP contribution in [-0.4, -0.2) is 46.3 Å². The van der Waals surface area contributed by atoms with Gasteiger partial charge in [0.05, 0.1) is 30.0 Å². The van der Waals surface area contributed by atoms with Gasteiger partial charge in [-0.1, -0.05) is 16.0 Å². The van der Waals surface area contributed by atoms with Gasteiger partial charge in [0.15, 0.2) is 0 Å². The first kappa shape index (κ1) is 21.8. The number of pyridine rings is 1. The first-order valence-corrected chi connectivity index (χ1v) is 11.0. The molecule has 8 heteroatoms. The van der Waals surface area contributed by atoms with Crippen molar-refractivity contribution in [2.24, 2.45) is 4.40 Å². The van der Waals surface area contributed by atoms with E-state index in [4.69, 9.17) is 21.3 Å². The number of nitriles is 1. The summed E-state index contributed by atoms with van der Waals surface area (Å²) in [7, 11) is 0. The molecule has 0 amide bonds. The highest BCUT2D eigenvalue weighted by Crippen LogP contribution is 2.33. The van der Waals surface area contributed by atoms with Gasteiger partial charge < -0.3 is 14.2 Å². The molecule has 1 fully saturated rings. The largest absolute Gasteiger partial charge is 0.591 e. The van der Waals surface area contributed by atoms with Crippen LogP contribution in [0.4, 0.5) is 5.82 Å². The zero-order chi connectivity index (χ0) is 21.3. The highest BCUT2D eigenvalue weighted by Gasteiger charge is 2.28. The van der Waals surface area contributed by atoms with Gasteiger partial charge in [0.1, 0.15) is 28.0 Å². The van der Waals surface area contributed by atoms with Gasteiger partial charge in [-0.15, -0.1) is 0 Å². The molecule has 154 valence electrons. The molecule has 0 saturated carbocycles. The Morgan fingerprint density at radius 2 is 2.00 bits per heavy atom. The van der Waals surface area contributed by atoms with E-state index in [1.54, 1.807) is 19.1 Å². The number of ether oxygens (including phenoxy) is 1. The summed E-state index contributed by atoms with van der Waals surface area (Å²) < 4.78 is 21.9. The van der Waals surface area contributed by atoms with Crippen LogP contribution in [-0.2, 0) is 16.1 Å². The van der Waals surface area contributed by atoms with E-state index < -0.39 is 16.1 Å². The highest BCUT2D eigenvalue weighted by atomic mass is 35.5. The second-order valence-electron chi connectivity index (χ2n) is 8.03. The van der Waals surface area contributed by atoms with Crippen molar-refractivity contribution in [3.63, 3.8) is 0 Å². The van der Waals surface area contributed by atoms with Crippen LogP contribution in [0, 0.1) is 18.3 Å². The Bertz CT molecular complexity index is 1000. The Morgan fingerprint density at radius 1 is 1.34 bits per heavy atom. The highest BCUT2D eigenvalue weighted by molar-refractivity contribution is 7.91. The standard InChI is InChI=1S/C21H25ClN4O2S/c1-13-18(12-23)17-11-15(22)10-16(14(2)25-29(27)21(3,4)5)19(17)24-20(13)26-6-8-28-9-7-26/h10-11H,6-9H2,1-5H3/b25-14+/t29-/m1/s1. The average Bonchev–Trinajstić information content (AvgIpc) is 2.67. The van der Waals surface area contributed by atoms with Gasteiger partial charge in [-0.05, 0) is 46.8 Å². The monoisotopic (exact) mass is 432 g/mol. The number of nitrogens with zero attached hydrogens (tertiary/aromatic N) is 4. The number of rotatable bonds is 3. The number of hydrogen-bond donors (Lipinski definition) is 0. The first-order chi connectivity index (χ1) is 13.6. The topological polar surface area (TPSA) is 84.6 Å². The summed E-state index contributed by atoms with van der Waals surface area (Å²) in [6.07, 6.45) is 0. The summed E-state index contributed by atoms with van der Waals surface area (Å²) in [5.74, 6) is 0.769. The van der Waals surface area contributed by atoms with E-state index in [2.05, 4.69) is 15.4 Å². The van der Waals surface area contributed by atoms with Crippen LogP contribution in [0.5, 0.6) is 0 Å². The van der Waals surface area contributed by atoms with Crippen LogP contribution < -0.4 is 4.90 Å². The molecule has 0 unspecified atom stereocenters. The number of fused-ring (bicyclic) bond motifs is 1. The van der Waals surface area contributed by atoms with Gasteiger partial charge in [-0.2, -0.15) is 5.26 Å². The lowest BCUT2D eigenvalue weighted by atomic mass is 9.99. The van der Waals surface area contributed by atoms with Crippen LogP contribution in [0.3, 0.4) is 0 Å². The fraction of sp³-hybridized carbons (Fsp3) is 0.476. The number of hydrogen-bond acceptors (Lipinski definition) is 6. The number of halogens is 1. The van der Waals surface area contributed by atoms with Crippen molar-refractivity contribution >= 4 is 45.4 Å². The van der Waals surface area contributed by atoms with E-state index in [0.29, 0.717) is 59.1 Å². The molecule has 3 rings (SSSR count). The molecule has 29 heavy (non-hydrogen) atoms. The van der Waals surface area contributed by atoms with E-state index in [-0.39, 0.29) is 0 Å². The summed E-state index contributed by atoms with van der Waals surface area (Å²) >= 11 is 4.96. The normalized spacial score (nSPS) is 16.8. The predicted octanol–water partition coefficient (Wildman–Crippen LogP) is 4.18. The van der Waals surface area contributed by atoms with E-state index in [9.17, 15) is 9.81 Å². The molecule has 1 atom stereocenters. The maximum atomic E-state index is 12.6. The average molecular weight is 433 g/mol. The molecule has 2 heterocycles. The summed E-state index contributed by atoms with van der Waals surface area (Å²) in [5, 5.41) is 11.0. The predicted molar refractivity (Wildman–Crippen MR) is 119 cm³/mol. The minimum absolute atomic E-state index is 0.476. The maximum Gasteiger partial charge on any atom is 0.144 e. The van der Waals surface area contributed by atoms with Gasteiger partial charge in [0.2, 0.25) is 0 Å². The molecule has 0 N–H and O–H groups in total. The molecular weight excluding hydrogens is 408 g/mol. The molecule has 6 nitrogen and oxygen atoms in total. The van der Waals surface area contributed by atoms with Crippen molar-refractivity contribution < 1.29 is 9.29 Å². The minimum atomic E-state index is -1.41. The van der Waals surface area contributed by atoms with Gasteiger partial charge in [0, 0.05) is 34.6 Å². The van der Waals surface area contributed by atoms with E-state index >= 15 is 0 Å². The van der Waals surface area contributed by atoms with Gasteiger partial charge in [0.25, 0.3) is 0 Å². The molecule has 2 aromatic rings. The third-order valence-corrected chi connectivity index (χ3v) is 6.53. The van der Waals surface area contributed by atoms with Crippen molar-refractivity contribution in [1.29, 1.82) is 5.26 Å². The molecule has 0 spiro atoms. The number of anilines is 1. The summed E-state index contributed by atoms with van der Waals surface area (Å²) in [6.45, 7) is 12.0. The Balaban J connectivity index is 2.25. The van der Waals surface area contributed by atoms with Gasteiger partial charge in [-0.3, -0.25) is 0 Å². The molecular formula is C21H25ClN4O2S.